The third-order valence-corrected chi connectivity index (χ3v) is 6.22. The summed E-state index contributed by atoms with van der Waals surface area (Å²) in [6, 6.07) is 6.39. The highest BCUT2D eigenvalue weighted by Crippen LogP contribution is 2.21. The van der Waals surface area contributed by atoms with E-state index in [9.17, 15) is 23.1 Å². The van der Waals surface area contributed by atoms with E-state index in [0.717, 1.165) is 0 Å². The Hall–Kier alpha value is -3.14. The molecule has 1 aromatic rings. The number of carbonyl (C=O) groups is 2. The van der Waals surface area contributed by atoms with Crippen molar-refractivity contribution in [1.29, 1.82) is 0 Å². The van der Waals surface area contributed by atoms with Gasteiger partial charge in [-0.1, -0.05) is 12.1 Å². The van der Waals surface area contributed by atoms with Crippen LogP contribution in [0.1, 0.15) is 10.4 Å². The van der Waals surface area contributed by atoms with Gasteiger partial charge in [0.1, 0.15) is 11.6 Å². The Morgan fingerprint density at radius 2 is 1.59 bits per heavy atom. The summed E-state index contributed by atoms with van der Waals surface area (Å²) in [5.74, 6) is -0.277. The Morgan fingerprint density at radius 1 is 0.931 bits per heavy atom. The quantitative estimate of drug-likeness (QED) is 0.736. The zero-order valence-electron chi connectivity index (χ0n) is 15.6. The fraction of sp³-hybridized carbons (Fsp3) is 0.316. The Bertz CT molecular complexity index is 1050. The Morgan fingerprint density at radius 3 is 2.28 bits per heavy atom. The van der Waals surface area contributed by atoms with Crippen molar-refractivity contribution >= 4 is 27.7 Å². The van der Waals surface area contributed by atoms with Gasteiger partial charge >= 0.3 is 0 Å². The molecule has 9 nitrogen and oxygen atoms in total. The fourth-order valence-electron chi connectivity index (χ4n) is 3.45. The van der Waals surface area contributed by atoms with E-state index in [1.165, 1.54) is 12.1 Å². The average molecular weight is 416 g/mol. The molecule has 1 fully saturated rings. The van der Waals surface area contributed by atoms with Crippen LogP contribution in [0.3, 0.4) is 0 Å². The largest absolute Gasteiger partial charge is 0.507 e. The normalized spacial score (nSPS) is 20.6. The van der Waals surface area contributed by atoms with Gasteiger partial charge in [0.2, 0.25) is 0 Å². The minimum atomic E-state index is -3.44. The predicted molar refractivity (Wildman–Crippen MR) is 106 cm³/mol. The summed E-state index contributed by atoms with van der Waals surface area (Å²) in [6.07, 6.45) is 4.72. The van der Waals surface area contributed by atoms with Crippen LogP contribution < -0.4 is 0 Å². The molecule has 3 aliphatic heterocycles. The Balaban J connectivity index is 1.40. The van der Waals surface area contributed by atoms with E-state index in [2.05, 4.69) is 4.40 Å². The predicted octanol–water partition coefficient (Wildman–Crippen LogP) is 0.174. The lowest BCUT2D eigenvalue weighted by Gasteiger charge is -2.36. The number of hydrogen-bond donors (Lipinski definition) is 1. The summed E-state index contributed by atoms with van der Waals surface area (Å²) in [5, 5.41) is 9.87. The monoisotopic (exact) mass is 416 g/mol. The van der Waals surface area contributed by atoms with Crippen LogP contribution >= 0.6 is 0 Å². The minimum absolute atomic E-state index is 0.0606. The summed E-state index contributed by atoms with van der Waals surface area (Å²) in [7, 11) is -3.44. The van der Waals surface area contributed by atoms with Crippen LogP contribution in [-0.2, 0) is 14.8 Å². The van der Waals surface area contributed by atoms with Gasteiger partial charge in [-0.3, -0.25) is 9.59 Å². The number of carbonyl (C=O) groups excluding carboxylic acids is 2. The number of amides is 2. The molecule has 2 amide bonds. The highest BCUT2D eigenvalue weighted by Gasteiger charge is 2.29. The smallest absolute Gasteiger partial charge is 0.257 e. The summed E-state index contributed by atoms with van der Waals surface area (Å²) >= 11 is 0. The molecule has 1 N–H and O–H groups in total. The number of aromatic hydroxyl groups is 1. The van der Waals surface area contributed by atoms with Crippen LogP contribution in [0.25, 0.3) is 0 Å². The summed E-state index contributed by atoms with van der Waals surface area (Å²) in [5.41, 5.74) is 0.695. The average Bonchev–Trinajstić information content (AvgIpc) is 2.72. The highest BCUT2D eigenvalue weighted by molar-refractivity contribution is 7.90. The second-order valence-corrected chi connectivity index (χ2v) is 8.70. The first-order chi connectivity index (χ1) is 13.8. The Labute approximate surface area is 168 Å². The lowest BCUT2D eigenvalue weighted by atomic mass is 10.1. The molecule has 0 aliphatic carbocycles. The van der Waals surface area contributed by atoms with Crippen LogP contribution in [0.15, 0.2) is 52.6 Å². The standard InChI is InChI=1S/C19H20N4O5S/c24-16-4-2-1-3-15(16)19(26)22-9-7-21(8-10-22)18(25)14-5-6-17-20-29(27,28)12-11-23(17)13-14/h1-6,13,24H,7-12H2. The van der Waals surface area contributed by atoms with Crippen molar-refractivity contribution in [2.45, 2.75) is 0 Å². The molecule has 10 heteroatoms. The van der Waals surface area contributed by atoms with Gasteiger partial charge < -0.3 is 19.8 Å². The maximum atomic E-state index is 12.8. The van der Waals surface area contributed by atoms with Crippen LogP contribution in [0.5, 0.6) is 5.75 Å². The first-order valence-electron chi connectivity index (χ1n) is 9.20. The fourth-order valence-corrected chi connectivity index (χ4v) is 4.42. The lowest BCUT2D eigenvalue weighted by Crippen LogP contribution is -2.51. The van der Waals surface area contributed by atoms with Crippen LogP contribution in [0.4, 0.5) is 0 Å². The third kappa shape index (κ3) is 3.88. The molecular formula is C19H20N4O5S. The molecule has 0 radical (unpaired) electrons. The van der Waals surface area contributed by atoms with Gasteiger partial charge in [-0.2, -0.15) is 0 Å². The minimum Gasteiger partial charge on any atom is -0.507 e. The number of fused-ring (bicyclic) bond motifs is 1. The first kappa shape index (κ1) is 19.2. The number of piperazine rings is 1. The summed E-state index contributed by atoms with van der Waals surface area (Å²) < 4.78 is 26.9. The second-order valence-electron chi connectivity index (χ2n) is 6.95. The number of phenols is 1. The zero-order valence-corrected chi connectivity index (χ0v) is 16.4. The van der Waals surface area contributed by atoms with Gasteiger partial charge in [-0.15, -0.1) is 4.40 Å². The zero-order chi connectivity index (χ0) is 20.6. The molecule has 3 aliphatic rings. The van der Waals surface area contributed by atoms with Gasteiger partial charge in [-0.25, -0.2) is 8.42 Å². The van der Waals surface area contributed by atoms with E-state index in [4.69, 9.17) is 0 Å². The number of amidine groups is 1. The van der Waals surface area contributed by atoms with Gasteiger partial charge in [0.25, 0.3) is 21.8 Å². The van der Waals surface area contributed by atoms with E-state index >= 15 is 0 Å². The molecule has 3 heterocycles. The van der Waals surface area contributed by atoms with Crippen LogP contribution in [0, 0.1) is 0 Å². The van der Waals surface area contributed by atoms with Gasteiger partial charge in [0.05, 0.1) is 16.9 Å². The van der Waals surface area contributed by atoms with Crippen molar-refractivity contribution in [3.63, 3.8) is 0 Å². The molecule has 1 aromatic carbocycles. The van der Waals surface area contributed by atoms with Crippen LogP contribution in [0.2, 0.25) is 0 Å². The molecule has 4 rings (SSSR count). The SMILES string of the molecule is O=C(C1=CN2CCS(=O)(=O)N=C2C=C1)N1CCN(C(=O)c2ccccc2O)CC1. The molecule has 0 atom stereocenters. The first-order valence-corrected chi connectivity index (χ1v) is 10.8. The molecule has 0 spiro atoms. The lowest BCUT2D eigenvalue weighted by molar-refractivity contribution is -0.128. The van der Waals surface area contributed by atoms with Gasteiger partial charge in [0.15, 0.2) is 0 Å². The van der Waals surface area contributed by atoms with Crippen molar-refractivity contribution < 1.29 is 23.1 Å². The number of para-hydroxylation sites is 1. The number of benzene rings is 1. The molecule has 152 valence electrons. The number of sulfonamides is 1. The van der Waals surface area contributed by atoms with E-state index in [1.807, 2.05) is 0 Å². The van der Waals surface area contributed by atoms with Gasteiger partial charge in [-0.05, 0) is 24.3 Å². The molecule has 0 bridgehead atoms. The number of nitrogens with zero attached hydrogens (tertiary/aromatic N) is 4. The van der Waals surface area contributed by atoms with Crippen molar-refractivity contribution in [3.8, 4) is 5.75 Å². The van der Waals surface area contributed by atoms with Crippen molar-refractivity contribution in [2.75, 3.05) is 38.5 Å². The van der Waals surface area contributed by atoms with Crippen LogP contribution in [-0.4, -0.2) is 84.4 Å². The summed E-state index contributed by atoms with van der Waals surface area (Å²) in [6.45, 7) is 1.73. The van der Waals surface area contributed by atoms with E-state index in [1.54, 1.807) is 45.2 Å². The van der Waals surface area contributed by atoms with Gasteiger partial charge in [0, 0.05) is 38.9 Å². The topological polar surface area (TPSA) is 111 Å². The maximum Gasteiger partial charge on any atom is 0.257 e. The highest BCUT2D eigenvalue weighted by atomic mass is 32.2. The molecule has 0 unspecified atom stereocenters. The second kappa shape index (κ2) is 7.36. The molecule has 1 saturated heterocycles. The van der Waals surface area contributed by atoms with E-state index in [0.29, 0.717) is 37.6 Å². The number of hydrogen-bond acceptors (Lipinski definition) is 6. The van der Waals surface area contributed by atoms with E-state index in [-0.39, 0.29) is 35.4 Å². The van der Waals surface area contributed by atoms with Crippen molar-refractivity contribution in [2.24, 2.45) is 4.40 Å². The molecule has 0 aromatic heterocycles. The molecule has 0 saturated carbocycles. The van der Waals surface area contributed by atoms with Crippen molar-refractivity contribution in [3.05, 3.63) is 53.8 Å². The summed E-state index contributed by atoms with van der Waals surface area (Å²) in [4.78, 5) is 30.3. The third-order valence-electron chi connectivity index (χ3n) is 5.06. The molecular weight excluding hydrogens is 396 g/mol. The van der Waals surface area contributed by atoms with E-state index < -0.39 is 10.0 Å². The Kier molecular flexibility index (Phi) is 4.87. The maximum absolute atomic E-state index is 12.8. The number of rotatable bonds is 2. The molecule has 29 heavy (non-hydrogen) atoms. The van der Waals surface area contributed by atoms with Crippen molar-refractivity contribution in [1.82, 2.24) is 14.7 Å². The number of phenolic OH excluding ortho intramolecular Hbond substituents is 1.